The van der Waals surface area contributed by atoms with Gasteiger partial charge in [-0.25, -0.2) is 8.42 Å². The van der Waals surface area contributed by atoms with E-state index in [-0.39, 0.29) is 10.5 Å². The van der Waals surface area contributed by atoms with Crippen molar-refractivity contribution >= 4 is 26.2 Å². The Morgan fingerprint density at radius 3 is 2.68 bits per heavy atom. The van der Waals surface area contributed by atoms with E-state index in [0.717, 1.165) is 19.3 Å². The summed E-state index contributed by atoms with van der Waals surface area (Å²) in [6.45, 7) is 2.13. The number of hydrogen-bond acceptors (Lipinski definition) is 2. The molecule has 2 aromatic rings. The maximum atomic E-state index is 12.5. The molecule has 2 bridgehead atoms. The zero-order valence-corrected chi connectivity index (χ0v) is 13.6. The van der Waals surface area contributed by atoms with E-state index in [2.05, 4.69) is 43.3 Å². The number of aryl methyl sites for hydroxylation is 1. The van der Waals surface area contributed by atoms with Crippen molar-refractivity contribution in [2.24, 2.45) is 0 Å². The van der Waals surface area contributed by atoms with Crippen LogP contribution in [-0.2, 0) is 9.84 Å². The lowest BCUT2D eigenvalue weighted by Gasteiger charge is -2.34. The van der Waals surface area contributed by atoms with Gasteiger partial charge >= 0.3 is 0 Å². The van der Waals surface area contributed by atoms with Crippen LogP contribution in [0.4, 0.5) is 0 Å². The van der Waals surface area contributed by atoms with E-state index in [9.17, 15) is 8.42 Å². The van der Waals surface area contributed by atoms with Crippen LogP contribution in [0, 0.1) is 6.92 Å². The van der Waals surface area contributed by atoms with Crippen LogP contribution in [0.15, 0.2) is 42.5 Å². The summed E-state index contributed by atoms with van der Waals surface area (Å²) in [5, 5.41) is 2.02. The molecule has 0 aliphatic carbocycles. The fourth-order valence-electron chi connectivity index (χ4n) is 4.05. The minimum Gasteiger partial charge on any atom is -0.228 e. The van der Waals surface area contributed by atoms with E-state index < -0.39 is 9.84 Å². The van der Waals surface area contributed by atoms with E-state index in [1.54, 1.807) is 0 Å². The topological polar surface area (TPSA) is 34.1 Å². The van der Waals surface area contributed by atoms with E-state index in [4.69, 9.17) is 0 Å². The molecule has 4 rings (SSSR count). The Hall–Kier alpha value is -1.61. The highest BCUT2D eigenvalue weighted by atomic mass is 32.2. The lowest BCUT2D eigenvalue weighted by Crippen LogP contribution is -2.38. The molecule has 3 heteroatoms. The molecule has 0 spiro atoms. The summed E-state index contributed by atoms with van der Waals surface area (Å²) in [7, 11) is -2.95. The molecule has 1 fully saturated rings. The molecule has 2 atom stereocenters. The Morgan fingerprint density at radius 2 is 1.86 bits per heavy atom. The van der Waals surface area contributed by atoms with E-state index in [1.807, 2.05) is 6.08 Å². The van der Waals surface area contributed by atoms with Crippen molar-refractivity contribution in [2.75, 3.05) is 0 Å². The Bertz CT molecular complexity index is 877. The van der Waals surface area contributed by atoms with Gasteiger partial charge in [0.2, 0.25) is 0 Å². The standard InChI is InChI=1S/C19H20O2S/c1-13-9-10-14-5-2-3-8-18(14)19(13)15-11-16-6-4-7-17(12-15)22(16,20)21/h2-3,5,8-11,16-17H,4,6-7,12H2,1H3. The summed E-state index contributed by atoms with van der Waals surface area (Å²) in [5.74, 6) is 0. The molecule has 0 aromatic heterocycles. The average molecular weight is 312 g/mol. The number of rotatable bonds is 1. The first-order chi connectivity index (χ1) is 10.6. The van der Waals surface area contributed by atoms with Crippen LogP contribution >= 0.6 is 0 Å². The lowest BCUT2D eigenvalue weighted by atomic mass is 9.88. The zero-order chi connectivity index (χ0) is 15.3. The molecule has 1 saturated heterocycles. The molecule has 0 N–H and O–H groups in total. The molecule has 2 aliphatic rings. The highest BCUT2D eigenvalue weighted by molar-refractivity contribution is 7.93. The van der Waals surface area contributed by atoms with Crippen molar-refractivity contribution in [2.45, 2.75) is 43.1 Å². The van der Waals surface area contributed by atoms with Crippen molar-refractivity contribution < 1.29 is 8.42 Å². The summed E-state index contributed by atoms with van der Waals surface area (Å²) in [6, 6.07) is 12.7. The summed E-state index contributed by atoms with van der Waals surface area (Å²) >= 11 is 0. The molecule has 2 heterocycles. The number of hydrogen-bond donors (Lipinski definition) is 0. The van der Waals surface area contributed by atoms with Crippen LogP contribution in [0.3, 0.4) is 0 Å². The van der Waals surface area contributed by atoms with Gasteiger partial charge in [-0.1, -0.05) is 48.9 Å². The third-order valence-corrected chi connectivity index (χ3v) is 7.74. The maximum Gasteiger partial charge on any atom is 0.159 e. The second kappa shape index (κ2) is 4.95. The van der Waals surface area contributed by atoms with Gasteiger partial charge in [-0.05, 0) is 53.7 Å². The van der Waals surface area contributed by atoms with Gasteiger partial charge in [-0.3, -0.25) is 0 Å². The van der Waals surface area contributed by atoms with E-state index in [1.165, 1.54) is 27.5 Å². The highest BCUT2D eigenvalue weighted by Gasteiger charge is 2.40. The van der Waals surface area contributed by atoms with Gasteiger partial charge in [0.1, 0.15) is 0 Å². The number of benzene rings is 2. The zero-order valence-electron chi connectivity index (χ0n) is 12.7. The second-order valence-corrected chi connectivity index (χ2v) is 9.01. The van der Waals surface area contributed by atoms with Crippen molar-refractivity contribution in [3.8, 4) is 0 Å². The van der Waals surface area contributed by atoms with E-state index in [0.29, 0.717) is 6.42 Å². The first-order valence-corrected chi connectivity index (χ1v) is 9.60. The Balaban J connectivity index is 1.93. The van der Waals surface area contributed by atoms with Gasteiger partial charge in [0, 0.05) is 0 Å². The van der Waals surface area contributed by atoms with Crippen LogP contribution in [0.5, 0.6) is 0 Å². The largest absolute Gasteiger partial charge is 0.228 e. The van der Waals surface area contributed by atoms with Crippen molar-refractivity contribution in [3.63, 3.8) is 0 Å². The van der Waals surface area contributed by atoms with Gasteiger partial charge in [0.05, 0.1) is 10.5 Å². The summed E-state index contributed by atoms with van der Waals surface area (Å²) in [4.78, 5) is 0. The predicted octanol–water partition coefficient (Wildman–Crippen LogP) is 4.27. The van der Waals surface area contributed by atoms with Gasteiger partial charge in [-0.2, -0.15) is 0 Å². The molecule has 22 heavy (non-hydrogen) atoms. The monoisotopic (exact) mass is 312 g/mol. The number of allylic oxidation sites excluding steroid dienone is 1. The fourth-order valence-corrected chi connectivity index (χ4v) is 6.30. The molecule has 0 radical (unpaired) electrons. The molecule has 114 valence electrons. The average Bonchev–Trinajstić information content (AvgIpc) is 2.47. The summed E-state index contributed by atoms with van der Waals surface area (Å²) in [5.41, 5.74) is 3.73. The molecular weight excluding hydrogens is 292 g/mol. The summed E-state index contributed by atoms with van der Waals surface area (Å²) in [6.07, 6.45) is 5.35. The number of sulfone groups is 1. The predicted molar refractivity (Wildman–Crippen MR) is 91.6 cm³/mol. The van der Waals surface area contributed by atoms with Gasteiger partial charge in [-0.15, -0.1) is 0 Å². The Morgan fingerprint density at radius 1 is 1.05 bits per heavy atom. The second-order valence-electron chi connectivity index (χ2n) is 6.56. The van der Waals surface area contributed by atoms with Crippen LogP contribution in [-0.4, -0.2) is 18.9 Å². The molecule has 0 amide bonds. The van der Waals surface area contributed by atoms with Crippen molar-refractivity contribution in [1.82, 2.24) is 0 Å². The molecule has 2 nitrogen and oxygen atoms in total. The molecule has 2 aliphatic heterocycles. The Kier molecular flexibility index (Phi) is 3.15. The highest BCUT2D eigenvalue weighted by Crippen LogP contribution is 2.41. The third-order valence-electron chi connectivity index (χ3n) is 5.19. The van der Waals surface area contributed by atoms with Gasteiger partial charge < -0.3 is 0 Å². The van der Waals surface area contributed by atoms with E-state index >= 15 is 0 Å². The molecule has 0 saturated carbocycles. The molecule has 2 aromatic carbocycles. The maximum absolute atomic E-state index is 12.5. The van der Waals surface area contributed by atoms with Crippen LogP contribution in [0.2, 0.25) is 0 Å². The normalized spacial score (nSPS) is 26.7. The minimum absolute atomic E-state index is 0.176. The van der Waals surface area contributed by atoms with Gasteiger partial charge in [0.15, 0.2) is 9.84 Å². The third kappa shape index (κ3) is 2.03. The number of fused-ring (bicyclic) bond motifs is 3. The van der Waals surface area contributed by atoms with Crippen molar-refractivity contribution in [1.29, 1.82) is 0 Å². The lowest BCUT2D eigenvalue weighted by molar-refractivity contribution is 0.518. The minimum atomic E-state index is -2.95. The van der Waals surface area contributed by atoms with Crippen LogP contribution in [0.1, 0.15) is 36.8 Å². The van der Waals surface area contributed by atoms with Crippen LogP contribution in [0.25, 0.3) is 16.3 Å². The van der Waals surface area contributed by atoms with Crippen molar-refractivity contribution in [3.05, 3.63) is 53.6 Å². The van der Waals surface area contributed by atoms with Crippen LogP contribution < -0.4 is 0 Å². The first kappa shape index (κ1) is 14.0. The first-order valence-electron chi connectivity index (χ1n) is 7.99. The fraction of sp³-hybridized carbons (Fsp3) is 0.368. The Labute approximate surface area is 131 Å². The quantitative estimate of drug-likeness (QED) is 0.788. The summed E-state index contributed by atoms with van der Waals surface area (Å²) < 4.78 is 25.0. The smallest absolute Gasteiger partial charge is 0.159 e. The molecule has 2 unspecified atom stereocenters. The van der Waals surface area contributed by atoms with Gasteiger partial charge in [0.25, 0.3) is 0 Å². The molecular formula is C19H20O2S. The SMILES string of the molecule is Cc1ccc2ccccc2c1C1=CC2CCCC(C1)S2(=O)=O.